The molecule has 4 rings (SSSR count). The number of amides is 1. The van der Waals surface area contributed by atoms with Gasteiger partial charge in [0, 0.05) is 12.0 Å². The first-order chi connectivity index (χ1) is 14.9. The number of carbonyl (C=O) groups is 2. The SMILES string of the molecule is O=C(N[C@@H](Cc1ccccc1)C(=O)O)OCC1=Cc2c(ccc3ccccc23)S1(=O)=O. The van der Waals surface area contributed by atoms with Gasteiger partial charge < -0.3 is 15.2 Å². The number of alkyl carbamates (subject to hydrolysis) is 1. The molecule has 1 atom stereocenters. The van der Waals surface area contributed by atoms with E-state index in [0.717, 1.165) is 16.3 Å². The number of benzene rings is 3. The maximum atomic E-state index is 12.8. The molecule has 0 saturated heterocycles. The van der Waals surface area contributed by atoms with Gasteiger partial charge in [0.1, 0.15) is 12.6 Å². The minimum Gasteiger partial charge on any atom is -0.480 e. The molecule has 0 fully saturated rings. The van der Waals surface area contributed by atoms with E-state index in [9.17, 15) is 23.1 Å². The quantitative estimate of drug-likeness (QED) is 0.612. The van der Waals surface area contributed by atoms with Gasteiger partial charge in [-0.15, -0.1) is 0 Å². The summed E-state index contributed by atoms with van der Waals surface area (Å²) >= 11 is 0. The van der Waals surface area contributed by atoms with Crippen LogP contribution in [0.25, 0.3) is 16.8 Å². The molecule has 0 radical (unpaired) electrons. The predicted octanol–water partition coefficient (Wildman–Crippen LogP) is 3.39. The molecule has 3 aromatic carbocycles. The summed E-state index contributed by atoms with van der Waals surface area (Å²) in [6.45, 7) is -0.491. The molecule has 0 aliphatic carbocycles. The van der Waals surface area contributed by atoms with Crippen molar-refractivity contribution in [2.75, 3.05) is 6.61 Å². The molecule has 2 N–H and O–H groups in total. The van der Waals surface area contributed by atoms with E-state index in [1.165, 1.54) is 12.1 Å². The number of hydrogen-bond acceptors (Lipinski definition) is 5. The van der Waals surface area contributed by atoms with Crippen LogP contribution in [0.2, 0.25) is 0 Å². The number of carboxylic acid groups (broad SMARTS) is 1. The fourth-order valence-electron chi connectivity index (χ4n) is 3.53. The van der Waals surface area contributed by atoms with Gasteiger partial charge in [0.05, 0.1) is 9.80 Å². The zero-order valence-electron chi connectivity index (χ0n) is 16.3. The van der Waals surface area contributed by atoms with Crippen molar-refractivity contribution in [3.05, 3.63) is 82.8 Å². The van der Waals surface area contributed by atoms with E-state index in [0.29, 0.717) is 5.56 Å². The van der Waals surface area contributed by atoms with Gasteiger partial charge in [-0.05, 0) is 28.5 Å². The molecule has 158 valence electrons. The van der Waals surface area contributed by atoms with Crippen molar-refractivity contribution >= 4 is 38.7 Å². The van der Waals surface area contributed by atoms with Crippen LogP contribution in [0, 0.1) is 0 Å². The Hall–Kier alpha value is -3.65. The van der Waals surface area contributed by atoms with Crippen molar-refractivity contribution in [3.63, 3.8) is 0 Å². The average Bonchev–Trinajstić information content (AvgIpc) is 3.02. The standard InChI is InChI=1S/C23H19NO6S/c25-22(26)20(12-15-6-2-1-3-7-15)24-23(27)30-14-17-13-19-18-9-5-4-8-16(18)10-11-21(19)31(17,28)29/h1-11,13,20H,12,14H2,(H,24,27)(H,25,26)/t20-/m0/s1. The van der Waals surface area contributed by atoms with Gasteiger partial charge in [-0.2, -0.15) is 0 Å². The zero-order chi connectivity index (χ0) is 22.0. The second kappa shape index (κ2) is 8.23. The number of rotatable bonds is 6. The number of hydrogen-bond donors (Lipinski definition) is 2. The lowest BCUT2D eigenvalue weighted by Crippen LogP contribution is -2.42. The van der Waals surface area contributed by atoms with Gasteiger partial charge >= 0.3 is 12.1 Å². The highest BCUT2D eigenvalue weighted by Gasteiger charge is 2.32. The van der Waals surface area contributed by atoms with Crippen molar-refractivity contribution in [2.45, 2.75) is 17.4 Å². The highest BCUT2D eigenvalue weighted by Crippen LogP contribution is 2.37. The minimum absolute atomic E-state index is 0.0519. The Kier molecular flexibility index (Phi) is 5.48. The Morgan fingerprint density at radius 2 is 1.68 bits per heavy atom. The number of sulfone groups is 1. The van der Waals surface area contributed by atoms with E-state index in [1.54, 1.807) is 36.4 Å². The topological polar surface area (TPSA) is 110 Å². The molecule has 0 spiro atoms. The fraction of sp³-hybridized carbons (Fsp3) is 0.130. The Bertz CT molecular complexity index is 1300. The summed E-state index contributed by atoms with van der Waals surface area (Å²) in [5.41, 5.74) is 1.29. The van der Waals surface area contributed by atoms with E-state index in [1.807, 2.05) is 24.3 Å². The van der Waals surface area contributed by atoms with Crippen LogP contribution in [-0.4, -0.2) is 38.2 Å². The molecule has 3 aromatic rings. The minimum atomic E-state index is -3.79. The highest BCUT2D eigenvalue weighted by molar-refractivity contribution is 7.95. The fourth-order valence-corrected chi connectivity index (χ4v) is 5.00. The molecule has 7 nitrogen and oxygen atoms in total. The van der Waals surface area contributed by atoms with Gasteiger partial charge in [0.15, 0.2) is 0 Å². The number of nitrogens with one attached hydrogen (secondary N) is 1. The summed E-state index contributed by atoms with van der Waals surface area (Å²) in [6, 6.07) is 18.3. The lowest BCUT2D eigenvalue weighted by atomic mass is 10.0. The van der Waals surface area contributed by atoms with Gasteiger partial charge in [-0.3, -0.25) is 0 Å². The number of carboxylic acids is 1. The molecule has 0 bridgehead atoms. The second-order valence-electron chi connectivity index (χ2n) is 7.11. The normalized spacial score (nSPS) is 15.0. The smallest absolute Gasteiger partial charge is 0.408 e. The van der Waals surface area contributed by atoms with E-state index in [-0.39, 0.29) is 16.2 Å². The summed E-state index contributed by atoms with van der Waals surface area (Å²) in [5, 5.41) is 13.4. The lowest BCUT2D eigenvalue weighted by molar-refractivity contribution is -0.139. The maximum Gasteiger partial charge on any atom is 0.408 e. The number of fused-ring (bicyclic) bond motifs is 3. The van der Waals surface area contributed by atoms with Crippen molar-refractivity contribution in [3.8, 4) is 0 Å². The van der Waals surface area contributed by atoms with Crippen LogP contribution in [0.1, 0.15) is 11.1 Å². The van der Waals surface area contributed by atoms with Gasteiger partial charge in [0.2, 0.25) is 9.84 Å². The molecule has 0 aromatic heterocycles. The number of aliphatic carboxylic acids is 1. The van der Waals surface area contributed by atoms with Crippen molar-refractivity contribution in [1.82, 2.24) is 5.32 Å². The maximum absolute atomic E-state index is 12.8. The monoisotopic (exact) mass is 437 g/mol. The largest absolute Gasteiger partial charge is 0.480 e. The molecule has 1 aliphatic heterocycles. The molecule has 0 unspecified atom stereocenters. The first kappa shape index (κ1) is 20.6. The third kappa shape index (κ3) is 4.15. The molecular formula is C23H19NO6S. The van der Waals surface area contributed by atoms with Crippen LogP contribution in [-0.2, 0) is 25.8 Å². The Morgan fingerprint density at radius 3 is 2.42 bits per heavy atom. The zero-order valence-corrected chi connectivity index (χ0v) is 17.1. The molecule has 0 saturated carbocycles. The average molecular weight is 437 g/mol. The number of ether oxygens (including phenoxy) is 1. The van der Waals surface area contributed by atoms with Crippen LogP contribution in [0.15, 0.2) is 76.5 Å². The van der Waals surface area contributed by atoms with Crippen LogP contribution in [0.4, 0.5) is 4.79 Å². The van der Waals surface area contributed by atoms with Gasteiger partial charge in [-0.1, -0.05) is 60.7 Å². The Balaban J connectivity index is 1.47. The summed E-state index contributed by atoms with van der Waals surface area (Å²) in [6.07, 6.45) is 0.572. The highest BCUT2D eigenvalue weighted by atomic mass is 32.2. The van der Waals surface area contributed by atoms with Gasteiger partial charge in [0.25, 0.3) is 0 Å². The summed E-state index contributed by atoms with van der Waals surface area (Å²) in [7, 11) is -3.79. The van der Waals surface area contributed by atoms with E-state index in [4.69, 9.17) is 4.74 Å². The summed E-state index contributed by atoms with van der Waals surface area (Å²) in [5.74, 6) is -1.22. The van der Waals surface area contributed by atoms with Crippen molar-refractivity contribution in [2.24, 2.45) is 0 Å². The third-order valence-electron chi connectivity index (χ3n) is 5.09. The first-order valence-corrected chi connectivity index (χ1v) is 11.0. The third-order valence-corrected chi connectivity index (χ3v) is 6.95. The van der Waals surface area contributed by atoms with E-state index < -0.39 is 34.5 Å². The van der Waals surface area contributed by atoms with E-state index in [2.05, 4.69) is 5.32 Å². The number of carbonyl (C=O) groups excluding carboxylic acids is 1. The molecule has 8 heteroatoms. The lowest BCUT2D eigenvalue weighted by Gasteiger charge is -2.15. The summed E-state index contributed by atoms with van der Waals surface area (Å²) in [4.78, 5) is 23.8. The second-order valence-corrected chi connectivity index (χ2v) is 9.08. The van der Waals surface area contributed by atoms with Gasteiger partial charge in [-0.25, -0.2) is 18.0 Å². The van der Waals surface area contributed by atoms with Crippen LogP contribution >= 0.6 is 0 Å². The summed E-state index contributed by atoms with van der Waals surface area (Å²) < 4.78 is 30.7. The van der Waals surface area contributed by atoms with Crippen LogP contribution in [0.3, 0.4) is 0 Å². The Labute approximate surface area is 178 Å². The van der Waals surface area contributed by atoms with E-state index >= 15 is 0 Å². The molecule has 1 amide bonds. The Morgan fingerprint density at radius 1 is 0.968 bits per heavy atom. The van der Waals surface area contributed by atoms with Crippen molar-refractivity contribution < 1.29 is 27.9 Å². The van der Waals surface area contributed by atoms with Crippen LogP contribution in [0.5, 0.6) is 0 Å². The predicted molar refractivity (Wildman–Crippen MR) is 115 cm³/mol. The van der Waals surface area contributed by atoms with Crippen molar-refractivity contribution in [1.29, 1.82) is 0 Å². The molecule has 31 heavy (non-hydrogen) atoms. The first-order valence-electron chi connectivity index (χ1n) is 9.54. The molecular weight excluding hydrogens is 418 g/mol. The molecule has 1 heterocycles. The van der Waals surface area contributed by atoms with Crippen LogP contribution < -0.4 is 5.32 Å². The molecule has 1 aliphatic rings.